The molecule has 5 nitrogen and oxygen atoms in total. The molecule has 0 unspecified atom stereocenters. The van der Waals surface area contributed by atoms with E-state index in [2.05, 4.69) is 10.1 Å². The normalized spacial score (nSPS) is 10.2. The molecule has 0 aromatic heterocycles. The van der Waals surface area contributed by atoms with Crippen molar-refractivity contribution in [2.45, 2.75) is 19.3 Å². The SMILES string of the molecule is COC(=O)c1ccccc1NC(=O)CCCC(=O)c1ccc(F)cc1. The van der Waals surface area contributed by atoms with Gasteiger partial charge in [-0.05, 0) is 42.8 Å². The lowest BCUT2D eigenvalue weighted by atomic mass is 10.1. The molecule has 2 rings (SSSR count). The fourth-order valence-electron chi connectivity index (χ4n) is 2.28. The van der Waals surface area contributed by atoms with E-state index in [1.165, 1.54) is 31.4 Å². The lowest BCUT2D eigenvalue weighted by molar-refractivity contribution is -0.116. The number of esters is 1. The molecule has 130 valence electrons. The molecule has 2 aromatic carbocycles. The molecule has 1 amide bonds. The van der Waals surface area contributed by atoms with Gasteiger partial charge < -0.3 is 10.1 Å². The Hall–Kier alpha value is -3.02. The van der Waals surface area contributed by atoms with E-state index in [1.807, 2.05) is 0 Å². The Morgan fingerprint density at radius 2 is 1.68 bits per heavy atom. The average molecular weight is 343 g/mol. The number of carbonyl (C=O) groups is 3. The Morgan fingerprint density at radius 1 is 1.00 bits per heavy atom. The van der Waals surface area contributed by atoms with Crippen LogP contribution in [0.4, 0.5) is 10.1 Å². The Labute approximate surface area is 144 Å². The summed E-state index contributed by atoms with van der Waals surface area (Å²) in [4.78, 5) is 35.6. The van der Waals surface area contributed by atoms with Crippen molar-refractivity contribution in [3.8, 4) is 0 Å². The summed E-state index contributed by atoms with van der Waals surface area (Å²) >= 11 is 0. The third kappa shape index (κ3) is 5.24. The highest BCUT2D eigenvalue weighted by atomic mass is 19.1. The highest BCUT2D eigenvalue weighted by Gasteiger charge is 2.13. The van der Waals surface area contributed by atoms with Crippen molar-refractivity contribution in [3.05, 3.63) is 65.5 Å². The zero-order valence-corrected chi connectivity index (χ0v) is 13.8. The minimum absolute atomic E-state index is 0.127. The largest absolute Gasteiger partial charge is 0.465 e. The Bertz CT molecular complexity index is 771. The maximum atomic E-state index is 12.8. The number of methoxy groups -OCH3 is 1. The minimum atomic E-state index is -0.539. The molecule has 2 aromatic rings. The van der Waals surface area contributed by atoms with Gasteiger partial charge in [0, 0.05) is 18.4 Å². The number of hydrogen-bond donors (Lipinski definition) is 1. The number of rotatable bonds is 7. The molecule has 0 radical (unpaired) electrons. The van der Waals surface area contributed by atoms with Gasteiger partial charge in [0.1, 0.15) is 5.82 Å². The van der Waals surface area contributed by atoms with E-state index in [0.717, 1.165) is 0 Å². The second-order valence-electron chi connectivity index (χ2n) is 5.37. The number of carbonyl (C=O) groups excluding carboxylic acids is 3. The van der Waals surface area contributed by atoms with Gasteiger partial charge in [-0.25, -0.2) is 9.18 Å². The van der Waals surface area contributed by atoms with Crippen LogP contribution in [0.15, 0.2) is 48.5 Å². The van der Waals surface area contributed by atoms with Crippen molar-refractivity contribution >= 4 is 23.3 Å². The van der Waals surface area contributed by atoms with Gasteiger partial charge in [0.05, 0.1) is 18.4 Å². The van der Waals surface area contributed by atoms with Gasteiger partial charge in [0.15, 0.2) is 5.78 Å². The maximum Gasteiger partial charge on any atom is 0.339 e. The molecule has 25 heavy (non-hydrogen) atoms. The van der Waals surface area contributed by atoms with Gasteiger partial charge in [0.25, 0.3) is 0 Å². The third-order valence-corrected chi connectivity index (χ3v) is 3.58. The molecule has 1 N–H and O–H groups in total. The molecule has 0 saturated heterocycles. The summed E-state index contributed by atoms with van der Waals surface area (Å²) in [6.07, 6.45) is 0.655. The monoisotopic (exact) mass is 343 g/mol. The molecule has 0 heterocycles. The van der Waals surface area contributed by atoms with E-state index in [-0.39, 0.29) is 30.1 Å². The smallest absolute Gasteiger partial charge is 0.339 e. The zero-order valence-electron chi connectivity index (χ0n) is 13.8. The van der Waals surface area contributed by atoms with Crippen molar-refractivity contribution < 1.29 is 23.5 Å². The number of benzene rings is 2. The molecule has 0 aliphatic rings. The zero-order chi connectivity index (χ0) is 18.2. The highest BCUT2D eigenvalue weighted by molar-refractivity contribution is 6.01. The Kier molecular flexibility index (Phi) is 6.39. The second kappa shape index (κ2) is 8.73. The van der Waals surface area contributed by atoms with Crippen molar-refractivity contribution in [2.75, 3.05) is 12.4 Å². The van der Waals surface area contributed by atoms with Crippen LogP contribution in [0, 0.1) is 5.82 Å². The highest BCUT2D eigenvalue weighted by Crippen LogP contribution is 2.17. The van der Waals surface area contributed by atoms with E-state index in [1.54, 1.807) is 24.3 Å². The first-order valence-corrected chi connectivity index (χ1v) is 7.77. The van der Waals surface area contributed by atoms with Gasteiger partial charge in [0.2, 0.25) is 5.91 Å². The standard InChI is InChI=1S/C19H18FNO4/c1-25-19(24)15-5-2-3-6-16(15)21-18(23)8-4-7-17(22)13-9-11-14(20)12-10-13/h2-3,5-6,9-12H,4,7-8H2,1H3,(H,21,23). The number of hydrogen-bond acceptors (Lipinski definition) is 4. The Balaban J connectivity index is 1.86. The van der Waals surface area contributed by atoms with Crippen LogP contribution in [0.25, 0.3) is 0 Å². The van der Waals surface area contributed by atoms with Gasteiger partial charge in [-0.3, -0.25) is 9.59 Å². The number of anilines is 1. The molecule has 0 atom stereocenters. The van der Waals surface area contributed by atoms with Crippen LogP contribution in [0.1, 0.15) is 40.0 Å². The Morgan fingerprint density at radius 3 is 2.36 bits per heavy atom. The predicted octanol–water partition coefficient (Wildman–Crippen LogP) is 3.60. The van der Waals surface area contributed by atoms with Crippen LogP contribution in [-0.4, -0.2) is 24.8 Å². The fraction of sp³-hybridized carbons (Fsp3) is 0.211. The van der Waals surface area contributed by atoms with Gasteiger partial charge >= 0.3 is 5.97 Å². The summed E-state index contributed by atoms with van der Waals surface area (Å²) in [5.74, 6) is -1.39. The van der Waals surface area contributed by atoms with Gasteiger partial charge in [-0.1, -0.05) is 12.1 Å². The van der Waals surface area contributed by atoms with Gasteiger partial charge in [-0.15, -0.1) is 0 Å². The summed E-state index contributed by atoms with van der Waals surface area (Å²) in [6, 6.07) is 11.8. The van der Waals surface area contributed by atoms with Crippen LogP contribution in [0.5, 0.6) is 0 Å². The van der Waals surface area contributed by atoms with Crippen LogP contribution in [0.2, 0.25) is 0 Å². The van der Waals surface area contributed by atoms with Crippen LogP contribution in [-0.2, 0) is 9.53 Å². The summed E-state index contributed by atoms with van der Waals surface area (Å²) in [6.45, 7) is 0. The number of para-hydroxylation sites is 1. The first-order valence-electron chi connectivity index (χ1n) is 7.77. The fourth-order valence-corrected chi connectivity index (χ4v) is 2.28. The molecule has 6 heteroatoms. The molecule has 0 saturated carbocycles. The molecule has 0 spiro atoms. The number of amides is 1. The quantitative estimate of drug-likeness (QED) is 0.616. The van der Waals surface area contributed by atoms with E-state index >= 15 is 0 Å². The number of nitrogens with one attached hydrogen (secondary N) is 1. The molecule has 0 aliphatic heterocycles. The maximum absolute atomic E-state index is 12.8. The summed E-state index contributed by atoms with van der Waals surface area (Å²) in [7, 11) is 1.27. The van der Waals surface area contributed by atoms with Crippen LogP contribution >= 0.6 is 0 Å². The molecule has 0 fully saturated rings. The van der Waals surface area contributed by atoms with Gasteiger partial charge in [-0.2, -0.15) is 0 Å². The number of halogens is 1. The van der Waals surface area contributed by atoms with Crippen LogP contribution in [0.3, 0.4) is 0 Å². The van der Waals surface area contributed by atoms with E-state index < -0.39 is 11.8 Å². The minimum Gasteiger partial charge on any atom is -0.465 e. The topological polar surface area (TPSA) is 72.5 Å². The first-order chi connectivity index (χ1) is 12.0. The van der Waals surface area contributed by atoms with Crippen LogP contribution < -0.4 is 5.32 Å². The van der Waals surface area contributed by atoms with E-state index in [4.69, 9.17) is 0 Å². The second-order valence-corrected chi connectivity index (χ2v) is 5.37. The lowest BCUT2D eigenvalue weighted by Gasteiger charge is -2.09. The van der Waals surface area contributed by atoms with Crippen molar-refractivity contribution in [1.82, 2.24) is 0 Å². The molecule has 0 aliphatic carbocycles. The van der Waals surface area contributed by atoms with Crippen molar-refractivity contribution in [1.29, 1.82) is 0 Å². The van der Waals surface area contributed by atoms with Crippen molar-refractivity contribution in [2.24, 2.45) is 0 Å². The number of Topliss-reactive ketones (excluding diaryl/α,β-unsaturated/α-hetero) is 1. The van der Waals surface area contributed by atoms with E-state index in [9.17, 15) is 18.8 Å². The average Bonchev–Trinajstić information content (AvgIpc) is 2.62. The third-order valence-electron chi connectivity index (χ3n) is 3.58. The molecular weight excluding hydrogens is 325 g/mol. The van der Waals surface area contributed by atoms with E-state index in [0.29, 0.717) is 17.7 Å². The summed E-state index contributed by atoms with van der Waals surface area (Å²) < 4.78 is 17.5. The first kappa shape index (κ1) is 18.3. The lowest BCUT2D eigenvalue weighted by Crippen LogP contribution is -2.15. The molecule has 0 bridgehead atoms. The predicted molar refractivity (Wildman–Crippen MR) is 91.0 cm³/mol. The summed E-state index contributed by atoms with van der Waals surface area (Å²) in [5, 5.41) is 2.65. The molecular formula is C19H18FNO4. The van der Waals surface area contributed by atoms with Crippen molar-refractivity contribution in [3.63, 3.8) is 0 Å². The number of ketones is 1. The number of ether oxygens (including phenoxy) is 1. The summed E-state index contributed by atoms with van der Waals surface area (Å²) in [5.41, 5.74) is 1.04.